The Kier molecular flexibility index (Phi) is 7.07. The Morgan fingerprint density at radius 3 is 2.47 bits per heavy atom. The van der Waals surface area contributed by atoms with Gasteiger partial charge in [0.15, 0.2) is 0 Å². The third-order valence-corrected chi connectivity index (χ3v) is 2.69. The van der Waals surface area contributed by atoms with Crippen molar-refractivity contribution in [2.24, 2.45) is 5.73 Å². The molecule has 94 valence electrons. The van der Waals surface area contributed by atoms with Crippen LogP contribution in [0.5, 0.6) is 0 Å². The SMILES string of the molecule is NCCCCCCC(=O)NCc1ccccc1. The third-order valence-electron chi connectivity index (χ3n) is 2.69. The molecule has 1 amide bonds. The second-order valence-corrected chi connectivity index (χ2v) is 4.22. The van der Waals surface area contributed by atoms with E-state index in [2.05, 4.69) is 5.32 Å². The van der Waals surface area contributed by atoms with Crippen molar-refractivity contribution in [3.8, 4) is 0 Å². The molecule has 0 spiro atoms. The summed E-state index contributed by atoms with van der Waals surface area (Å²) in [7, 11) is 0. The second kappa shape index (κ2) is 8.76. The van der Waals surface area contributed by atoms with Crippen LogP contribution >= 0.6 is 0 Å². The summed E-state index contributed by atoms with van der Waals surface area (Å²) in [5.74, 6) is 0.140. The molecule has 1 aromatic carbocycles. The van der Waals surface area contributed by atoms with Crippen molar-refractivity contribution in [2.75, 3.05) is 6.54 Å². The highest BCUT2D eigenvalue weighted by atomic mass is 16.1. The number of benzene rings is 1. The minimum Gasteiger partial charge on any atom is -0.352 e. The van der Waals surface area contributed by atoms with Crippen molar-refractivity contribution in [2.45, 2.75) is 38.6 Å². The zero-order chi connectivity index (χ0) is 12.3. The lowest BCUT2D eigenvalue weighted by molar-refractivity contribution is -0.121. The van der Waals surface area contributed by atoms with Gasteiger partial charge in [0.1, 0.15) is 0 Å². The van der Waals surface area contributed by atoms with Crippen molar-refractivity contribution >= 4 is 5.91 Å². The number of carbonyl (C=O) groups excluding carboxylic acids is 1. The highest BCUT2D eigenvalue weighted by Gasteiger charge is 2.00. The molecule has 0 fully saturated rings. The topological polar surface area (TPSA) is 55.1 Å². The molecule has 17 heavy (non-hydrogen) atoms. The Morgan fingerprint density at radius 1 is 1.06 bits per heavy atom. The molecule has 0 radical (unpaired) electrons. The fourth-order valence-electron chi connectivity index (χ4n) is 1.67. The Balaban J connectivity index is 2.05. The molecular formula is C14H22N2O. The van der Waals surface area contributed by atoms with Gasteiger partial charge in [-0.1, -0.05) is 43.2 Å². The van der Waals surface area contributed by atoms with Crippen LogP contribution in [0.1, 0.15) is 37.7 Å². The summed E-state index contributed by atoms with van der Waals surface area (Å²) in [6, 6.07) is 9.97. The molecular weight excluding hydrogens is 212 g/mol. The van der Waals surface area contributed by atoms with E-state index in [1.54, 1.807) is 0 Å². The van der Waals surface area contributed by atoms with Crippen LogP contribution in [0.15, 0.2) is 30.3 Å². The van der Waals surface area contributed by atoms with E-state index < -0.39 is 0 Å². The predicted octanol–water partition coefficient (Wildman–Crippen LogP) is 2.21. The molecule has 0 aliphatic carbocycles. The van der Waals surface area contributed by atoms with Crippen LogP contribution in [-0.4, -0.2) is 12.5 Å². The smallest absolute Gasteiger partial charge is 0.220 e. The zero-order valence-corrected chi connectivity index (χ0v) is 10.3. The first-order chi connectivity index (χ1) is 8.33. The molecule has 0 saturated heterocycles. The second-order valence-electron chi connectivity index (χ2n) is 4.22. The fraction of sp³-hybridized carbons (Fsp3) is 0.500. The molecule has 3 N–H and O–H groups in total. The first-order valence-electron chi connectivity index (χ1n) is 6.33. The van der Waals surface area contributed by atoms with Crippen LogP contribution in [-0.2, 0) is 11.3 Å². The molecule has 3 nitrogen and oxygen atoms in total. The van der Waals surface area contributed by atoms with E-state index >= 15 is 0 Å². The van der Waals surface area contributed by atoms with Gasteiger partial charge in [-0.2, -0.15) is 0 Å². The Bertz CT molecular complexity index is 311. The van der Waals surface area contributed by atoms with Crippen molar-refractivity contribution in [3.63, 3.8) is 0 Å². The quantitative estimate of drug-likeness (QED) is 0.678. The Hall–Kier alpha value is -1.35. The lowest BCUT2D eigenvalue weighted by Crippen LogP contribution is -2.22. The minimum absolute atomic E-state index is 0.140. The highest BCUT2D eigenvalue weighted by molar-refractivity contribution is 5.75. The zero-order valence-electron chi connectivity index (χ0n) is 10.3. The molecule has 1 aromatic rings. The standard InChI is InChI=1S/C14H22N2O/c15-11-7-2-1-6-10-14(17)16-12-13-8-4-3-5-9-13/h3-5,8-9H,1-2,6-7,10-12,15H2,(H,16,17). The van der Waals surface area contributed by atoms with E-state index in [1.807, 2.05) is 30.3 Å². The Morgan fingerprint density at radius 2 is 1.76 bits per heavy atom. The number of rotatable bonds is 8. The summed E-state index contributed by atoms with van der Waals surface area (Å²) in [6.45, 7) is 1.38. The van der Waals surface area contributed by atoms with Gasteiger partial charge in [0.2, 0.25) is 5.91 Å². The van der Waals surface area contributed by atoms with E-state index in [-0.39, 0.29) is 5.91 Å². The molecule has 3 heteroatoms. The predicted molar refractivity (Wildman–Crippen MR) is 70.4 cm³/mol. The van der Waals surface area contributed by atoms with E-state index in [0.29, 0.717) is 13.0 Å². The summed E-state index contributed by atoms with van der Waals surface area (Å²) in [5.41, 5.74) is 6.55. The monoisotopic (exact) mass is 234 g/mol. The van der Waals surface area contributed by atoms with Crippen LogP contribution in [0.4, 0.5) is 0 Å². The number of nitrogens with one attached hydrogen (secondary N) is 1. The molecule has 0 aromatic heterocycles. The summed E-state index contributed by atoms with van der Waals surface area (Å²) < 4.78 is 0. The maximum atomic E-state index is 11.5. The van der Waals surface area contributed by atoms with E-state index in [9.17, 15) is 4.79 Å². The van der Waals surface area contributed by atoms with Gasteiger partial charge >= 0.3 is 0 Å². The maximum absolute atomic E-state index is 11.5. The van der Waals surface area contributed by atoms with Crippen LogP contribution in [0.2, 0.25) is 0 Å². The normalized spacial score (nSPS) is 10.2. The lowest BCUT2D eigenvalue weighted by Gasteiger charge is -2.05. The molecule has 0 saturated carbocycles. The average Bonchev–Trinajstić information content (AvgIpc) is 2.37. The number of hydrogen-bond acceptors (Lipinski definition) is 2. The molecule has 1 rings (SSSR count). The largest absolute Gasteiger partial charge is 0.352 e. The van der Waals surface area contributed by atoms with Crippen molar-refractivity contribution in [3.05, 3.63) is 35.9 Å². The molecule has 0 heterocycles. The number of unbranched alkanes of at least 4 members (excludes halogenated alkanes) is 3. The van der Waals surface area contributed by atoms with Gasteiger partial charge in [0.25, 0.3) is 0 Å². The van der Waals surface area contributed by atoms with Gasteiger partial charge in [-0.15, -0.1) is 0 Å². The van der Waals surface area contributed by atoms with Crippen LogP contribution in [0, 0.1) is 0 Å². The molecule has 0 atom stereocenters. The van der Waals surface area contributed by atoms with Crippen molar-refractivity contribution in [1.82, 2.24) is 5.32 Å². The first-order valence-corrected chi connectivity index (χ1v) is 6.33. The van der Waals surface area contributed by atoms with E-state index in [1.165, 1.54) is 0 Å². The van der Waals surface area contributed by atoms with Crippen LogP contribution in [0.3, 0.4) is 0 Å². The van der Waals surface area contributed by atoms with Gasteiger partial charge in [-0.3, -0.25) is 4.79 Å². The minimum atomic E-state index is 0.140. The van der Waals surface area contributed by atoms with Gasteiger partial charge in [0.05, 0.1) is 0 Å². The van der Waals surface area contributed by atoms with Crippen LogP contribution < -0.4 is 11.1 Å². The molecule has 0 bridgehead atoms. The summed E-state index contributed by atoms with van der Waals surface area (Å²) in [4.78, 5) is 11.5. The van der Waals surface area contributed by atoms with Crippen molar-refractivity contribution in [1.29, 1.82) is 0 Å². The number of amides is 1. The van der Waals surface area contributed by atoms with Crippen LogP contribution in [0.25, 0.3) is 0 Å². The van der Waals surface area contributed by atoms with E-state index in [4.69, 9.17) is 5.73 Å². The fourth-order valence-corrected chi connectivity index (χ4v) is 1.67. The van der Waals surface area contributed by atoms with Gasteiger partial charge in [0, 0.05) is 13.0 Å². The van der Waals surface area contributed by atoms with Gasteiger partial charge < -0.3 is 11.1 Å². The summed E-state index contributed by atoms with van der Waals surface area (Å²) in [5, 5.41) is 2.93. The number of hydrogen-bond donors (Lipinski definition) is 2. The summed E-state index contributed by atoms with van der Waals surface area (Å²) in [6.07, 6.45) is 4.86. The lowest BCUT2D eigenvalue weighted by atomic mass is 10.1. The van der Waals surface area contributed by atoms with E-state index in [0.717, 1.165) is 37.8 Å². The number of carbonyl (C=O) groups is 1. The number of nitrogens with two attached hydrogens (primary N) is 1. The maximum Gasteiger partial charge on any atom is 0.220 e. The summed E-state index contributed by atoms with van der Waals surface area (Å²) >= 11 is 0. The van der Waals surface area contributed by atoms with Gasteiger partial charge in [-0.05, 0) is 24.9 Å². The molecule has 0 aliphatic rings. The third kappa shape index (κ3) is 6.74. The first kappa shape index (κ1) is 13.7. The van der Waals surface area contributed by atoms with Gasteiger partial charge in [-0.25, -0.2) is 0 Å². The Labute approximate surface area is 103 Å². The highest BCUT2D eigenvalue weighted by Crippen LogP contribution is 2.03. The molecule has 0 aliphatic heterocycles. The van der Waals surface area contributed by atoms with Crippen molar-refractivity contribution < 1.29 is 4.79 Å². The average molecular weight is 234 g/mol. The molecule has 0 unspecified atom stereocenters.